The molecule has 0 aromatic heterocycles. The van der Waals surface area contributed by atoms with Crippen molar-refractivity contribution >= 4 is 11.8 Å². The molecule has 2 N–H and O–H groups in total. The average molecular weight is 291 g/mol. The van der Waals surface area contributed by atoms with Crippen molar-refractivity contribution in [2.75, 3.05) is 12.4 Å². The summed E-state index contributed by atoms with van der Waals surface area (Å²) in [4.78, 5) is 1.08. The molecule has 0 saturated heterocycles. The molecule has 0 amide bonds. The monoisotopic (exact) mass is 291 g/mol. The summed E-state index contributed by atoms with van der Waals surface area (Å²) in [5, 5.41) is 0. The molecule has 20 heavy (non-hydrogen) atoms. The number of ether oxygens (including phenoxy) is 1. The fourth-order valence-electron chi connectivity index (χ4n) is 1.73. The summed E-state index contributed by atoms with van der Waals surface area (Å²) in [6, 6.07) is 14.4. The Hall–Kier alpha value is -1.52. The Morgan fingerprint density at radius 3 is 2.65 bits per heavy atom. The first kappa shape index (κ1) is 14.9. The van der Waals surface area contributed by atoms with Crippen molar-refractivity contribution < 1.29 is 9.13 Å². The van der Waals surface area contributed by atoms with Gasteiger partial charge in [0.25, 0.3) is 0 Å². The van der Waals surface area contributed by atoms with Gasteiger partial charge in [-0.25, -0.2) is 4.39 Å². The maximum absolute atomic E-state index is 12.7. The van der Waals surface area contributed by atoms with E-state index in [2.05, 4.69) is 0 Å². The standard InChI is InChI=1S/C16H18FNOS/c17-14-5-7-16(8-6-14)20-10-2-9-19-15-4-1-3-13(11-15)12-18/h1,3-8,11H,2,9-10,12,18H2. The summed E-state index contributed by atoms with van der Waals surface area (Å²) in [7, 11) is 0. The maximum Gasteiger partial charge on any atom is 0.123 e. The first-order valence-corrected chi connectivity index (χ1v) is 7.56. The van der Waals surface area contributed by atoms with Crippen LogP contribution in [0.5, 0.6) is 5.75 Å². The van der Waals surface area contributed by atoms with Gasteiger partial charge >= 0.3 is 0 Å². The Morgan fingerprint density at radius 2 is 1.90 bits per heavy atom. The Morgan fingerprint density at radius 1 is 1.10 bits per heavy atom. The molecule has 0 aliphatic carbocycles. The molecule has 2 rings (SSSR count). The van der Waals surface area contributed by atoms with Crippen LogP contribution in [0.15, 0.2) is 53.4 Å². The van der Waals surface area contributed by atoms with Crippen molar-refractivity contribution in [3.63, 3.8) is 0 Å². The molecule has 2 aromatic rings. The third kappa shape index (κ3) is 4.87. The van der Waals surface area contributed by atoms with E-state index in [9.17, 15) is 4.39 Å². The van der Waals surface area contributed by atoms with Gasteiger partial charge in [-0.1, -0.05) is 12.1 Å². The van der Waals surface area contributed by atoms with Gasteiger partial charge in [0.05, 0.1) is 6.61 Å². The molecule has 0 spiro atoms. The largest absolute Gasteiger partial charge is 0.494 e. The topological polar surface area (TPSA) is 35.2 Å². The number of rotatable bonds is 7. The maximum atomic E-state index is 12.7. The molecule has 0 aliphatic rings. The van der Waals surface area contributed by atoms with Gasteiger partial charge in [0.2, 0.25) is 0 Å². The van der Waals surface area contributed by atoms with Crippen LogP contribution in [-0.4, -0.2) is 12.4 Å². The molecular weight excluding hydrogens is 273 g/mol. The lowest BCUT2D eigenvalue weighted by Gasteiger charge is -2.07. The highest BCUT2D eigenvalue weighted by Gasteiger charge is 1.98. The van der Waals surface area contributed by atoms with E-state index in [1.54, 1.807) is 23.9 Å². The zero-order chi connectivity index (χ0) is 14.2. The zero-order valence-electron chi connectivity index (χ0n) is 11.2. The minimum atomic E-state index is -0.197. The Balaban J connectivity index is 1.67. The fraction of sp³-hybridized carbons (Fsp3) is 0.250. The van der Waals surface area contributed by atoms with Gasteiger partial charge in [-0.15, -0.1) is 11.8 Å². The van der Waals surface area contributed by atoms with Gasteiger partial charge in [-0.3, -0.25) is 0 Å². The highest BCUT2D eigenvalue weighted by atomic mass is 32.2. The van der Waals surface area contributed by atoms with Crippen LogP contribution in [0.4, 0.5) is 4.39 Å². The predicted molar refractivity (Wildman–Crippen MR) is 81.6 cm³/mol. The van der Waals surface area contributed by atoms with Crippen LogP contribution >= 0.6 is 11.8 Å². The molecule has 0 aliphatic heterocycles. The van der Waals surface area contributed by atoms with Crippen molar-refractivity contribution in [2.45, 2.75) is 17.9 Å². The number of benzene rings is 2. The van der Waals surface area contributed by atoms with Crippen LogP contribution in [0.2, 0.25) is 0 Å². The summed E-state index contributed by atoms with van der Waals surface area (Å²) in [5.74, 6) is 1.61. The summed E-state index contributed by atoms with van der Waals surface area (Å²) in [6.07, 6.45) is 0.939. The third-order valence-electron chi connectivity index (χ3n) is 2.77. The molecule has 2 aromatic carbocycles. The second-order valence-corrected chi connectivity index (χ2v) is 5.52. The van der Waals surface area contributed by atoms with E-state index in [-0.39, 0.29) is 5.82 Å². The van der Waals surface area contributed by atoms with Gasteiger partial charge in [0.1, 0.15) is 11.6 Å². The van der Waals surface area contributed by atoms with Gasteiger partial charge in [-0.05, 0) is 48.4 Å². The van der Waals surface area contributed by atoms with Gasteiger partial charge < -0.3 is 10.5 Å². The minimum Gasteiger partial charge on any atom is -0.494 e. The third-order valence-corrected chi connectivity index (χ3v) is 3.87. The Labute approximate surface area is 123 Å². The molecule has 0 fully saturated rings. The second-order valence-electron chi connectivity index (χ2n) is 4.36. The molecule has 0 unspecified atom stereocenters. The normalized spacial score (nSPS) is 10.5. The first-order chi connectivity index (χ1) is 9.78. The number of halogens is 1. The highest BCUT2D eigenvalue weighted by molar-refractivity contribution is 7.99. The van der Waals surface area contributed by atoms with Gasteiger partial charge in [0.15, 0.2) is 0 Å². The molecule has 0 saturated carbocycles. The summed E-state index contributed by atoms with van der Waals surface area (Å²) in [6.45, 7) is 1.19. The van der Waals surface area contributed by atoms with Crippen LogP contribution in [0.25, 0.3) is 0 Å². The minimum absolute atomic E-state index is 0.197. The van der Waals surface area contributed by atoms with E-state index in [1.165, 1.54) is 12.1 Å². The molecule has 0 atom stereocenters. The molecule has 0 radical (unpaired) electrons. The summed E-state index contributed by atoms with van der Waals surface area (Å²) in [5.41, 5.74) is 6.66. The van der Waals surface area contributed by atoms with E-state index < -0.39 is 0 Å². The van der Waals surface area contributed by atoms with E-state index >= 15 is 0 Å². The van der Waals surface area contributed by atoms with E-state index in [4.69, 9.17) is 10.5 Å². The average Bonchev–Trinajstić information content (AvgIpc) is 2.49. The first-order valence-electron chi connectivity index (χ1n) is 6.58. The SMILES string of the molecule is NCc1cccc(OCCCSc2ccc(F)cc2)c1. The lowest BCUT2D eigenvalue weighted by Crippen LogP contribution is -2.00. The van der Waals surface area contributed by atoms with E-state index in [0.29, 0.717) is 13.2 Å². The van der Waals surface area contributed by atoms with Gasteiger partial charge in [-0.2, -0.15) is 0 Å². The molecule has 4 heteroatoms. The fourth-order valence-corrected chi connectivity index (χ4v) is 2.56. The Bertz CT molecular complexity index is 530. The number of hydrogen-bond donors (Lipinski definition) is 1. The van der Waals surface area contributed by atoms with Crippen molar-refractivity contribution in [1.82, 2.24) is 0 Å². The molecule has 0 heterocycles. The quantitative estimate of drug-likeness (QED) is 0.622. The van der Waals surface area contributed by atoms with Crippen LogP contribution in [-0.2, 0) is 6.54 Å². The Kier molecular flexibility index (Phi) is 5.89. The van der Waals surface area contributed by atoms with Gasteiger partial charge in [0, 0.05) is 17.2 Å². The van der Waals surface area contributed by atoms with Crippen molar-refractivity contribution in [2.24, 2.45) is 5.73 Å². The van der Waals surface area contributed by atoms with E-state index in [0.717, 1.165) is 28.4 Å². The van der Waals surface area contributed by atoms with E-state index in [1.807, 2.05) is 24.3 Å². The molecule has 0 bridgehead atoms. The zero-order valence-corrected chi connectivity index (χ0v) is 12.0. The lowest BCUT2D eigenvalue weighted by atomic mass is 10.2. The number of hydrogen-bond acceptors (Lipinski definition) is 3. The smallest absolute Gasteiger partial charge is 0.123 e. The van der Waals surface area contributed by atoms with Crippen LogP contribution in [0.1, 0.15) is 12.0 Å². The molecule has 2 nitrogen and oxygen atoms in total. The van der Waals surface area contributed by atoms with Crippen molar-refractivity contribution in [3.8, 4) is 5.75 Å². The van der Waals surface area contributed by atoms with Crippen molar-refractivity contribution in [3.05, 3.63) is 59.9 Å². The summed E-state index contributed by atoms with van der Waals surface area (Å²) < 4.78 is 18.4. The van der Waals surface area contributed by atoms with Crippen LogP contribution in [0, 0.1) is 5.82 Å². The summed E-state index contributed by atoms with van der Waals surface area (Å²) >= 11 is 1.71. The van der Waals surface area contributed by atoms with Crippen molar-refractivity contribution in [1.29, 1.82) is 0 Å². The molecule has 106 valence electrons. The second kappa shape index (κ2) is 7.92. The highest BCUT2D eigenvalue weighted by Crippen LogP contribution is 2.19. The van der Waals surface area contributed by atoms with Crippen LogP contribution < -0.4 is 10.5 Å². The number of nitrogens with two attached hydrogens (primary N) is 1. The predicted octanol–water partition coefficient (Wildman–Crippen LogP) is 3.85. The molecular formula is C16H18FNOS. The van der Waals surface area contributed by atoms with Crippen LogP contribution in [0.3, 0.4) is 0 Å². The lowest BCUT2D eigenvalue weighted by molar-refractivity contribution is 0.318. The number of thioether (sulfide) groups is 1.